The van der Waals surface area contributed by atoms with E-state index < -0.39 is 27.9 Å². The van der Waals surface area contributed by atoms with E-state index in [0.717, 1.165) is 23.5 Å². The standard InChI is InChI=1S/C24H18F3N3O4S2/c25-24(26,27)16-3-6-20(19(12-16)15-2-1-8-28-14-15)34-21-7-10-33-22-13-17(4-5-18(21)22)36(31,32)30-23-29-9-11-35-23/h1-6,8-9,11-14,21H,7,10H2,(H,29,30). The van der Waals surface area contributed by atoms with E-state index in [-0.39, 0.29) is 27.9 Å². The second kappa shape index (κ2) is 9.43. The summed E-state index contributed by atoms with van der Waals surface area (Å²) >= 11 is 1.15. The van der Waals surface area contributed by atoms with E-state index in [1.165, 1.54) is 36.8 Å². The Labute approximate surface area is 208 Å². The molecule has 1 N–H and O–H groups in total. The van der Waals surface area contributed by atoms with E-state index in [1.54, 1.807) is 23.6 Å². The minimum Gasteiger partial charge on any atom is -0.493 e. The Kier molecular flexibility index (Phi) is 6.31. The molecule has 0 saturated heterocycles. The summed E-state index contributed by atoms with van der Waals surface area (Å²) in [5, 5.41) is 1.89. The molecule has 1 atom stereocenters. The number of alkyl halides is 3. The Morgan fingerprint density at radius 1 is 1.11 bits per heavy atom. The maximum absolute atomic E-state index is 13.4. The predicted molar refractivity (Wildman–Crippen MR) is 128 cm³/mol. The summed E-state index contributed by atoms with van der Waals surface area (Å²) in [5.41, 5.74) is 0.508. The molecule has 1 aliphatic heterocycles. The van der Waals surface area contributed by atoms with E-state index in [0.29, 0.717) is 23.3 Å². The quantitative estimate of drug-likeness (QED) is 0.331. The Bertz CT molecular complexity index is 1480. The number of halogens is 3. The average Bonchev–Trinajstić information content (AvgIpc) is 3.36. The van der Waals surface area contributed by atoms with Crippen LogP contribution in [0, 0.1) is 0 Å². The molecule has 12 heteroatoms. The first-order valence-electron chi connectivity index (χ1n) is 10.7. The van der Waals surface area contributed by atoms with E-state index in [2.05, 4.69) is 14.7 Å². The number of pyridine rings is 1. The molecule has 3 heterocycles. The second-order valence-electron chi connectivity index (χ2n) is 7.84. The fourth-order valence-corrected chi connectivity index (χ4v) is 5.59. The van der Waals surface area contributed by atoms with Gasteiger partial charge in [0.15, 0.2) is 5.13 Å². The molecule has 0 fully saturated rings. The van der Waals surface area contributed by atoms with E-state index >= 15 is 0 Å². The third-order valence-electron chi connectivity index (χ3n) is 5.48. The molecule has 36 heavy (non-hydrogen) atoms. The van der Waals surface area contributed by atoms with E-state index in [1.807, 2.05) is 0 Å². The van der Waals surface area contributed by atoms with Crippen molar-refractivity contribution in [2.24, 2.45) is 0 Å². The third-order valence-corrected chi connectivity index (χ3v) is 7.64. The highest BCUT2D eigenvalue weighted by Crippen LogP contribution is 2.42. The van der Waals surface area contributed by atoms with Crippen LogP contribution in [0.3, 0.4) is 0 Å². The van der Waals surface area contributed by atoms with E-state index in [9.17, 15) is 21.6 Å². The van der Waals surface area contributed by atoms with Gasteiger partial charge < -0.3 is 9.47 Å². The van der Waals surface area contributed by atoms with Gasteiger partial charge in [0.1, 0.15) is 17.6 Å². The van der Waals surface area contributed by atoms with Crippen molar-refractivity contribution in [3.05, 3.63) is 83.6 Å². The van der Waals surface area contributed by atoms with Crippen molar-refractivity contribution in [1.29, 1.82) is 0 Å². The number of hydrogen-bond donors (Lipinski definition) is 1. The SMILES string of the molecule is O=S(=O)(Nc1nccs1)c1ccc2c(c1)OCCC2Oc1ccc(C(F)(F)F)cc1-c1cccnc1. The number of thiazole rings is 1. The molecular formula is C24H18F3N3O4S2. The number of aromatic nitrogens is 2. The van der Waals surface area contributed by atoms with Gasteiger partial charge in [-0.2, -0.15) is 13.2 Å². The normalized spacial score (nSPS) is 15.6. The van der Waals surface area contributed by atoms with Crippen LogP contribution in [0.1, 0.15) is 23.7 Å². The summed E-state index contributed by atoms with van der Waals surface area (Å²) in [4.78, 5) is 7.93. The predicted octanol–water partition coefficient (Wildman–Crippen LogP) is 5.93. The van der Waals surface area contributed by atoms with Gasteiger partial charge in [-0.3, -0.25) is 9.71 Å². The molecule has 0 amide bonds. The monoisotopic (exact) mass is 533 g/mol. The van der Waals surface area contributed by atoms with Crippen molar-refractivity contribution < 1.29 is 31.1 Å². The molecule has 0 saturated carbocycles. The molecule has 5 rings (SSSR count). The number of nitrogens with one attached hydrogen (secondary N) is 1. The number of rotatable bonds is 6. The van der Waals surface area contributed by atoms with Crippen LogP contribution in [-0.2, 0) is 16.2 Å². The van der Waals surface area contributed by atoms with Crippen LogP contribution in [0.2, 0.25) is 0 Å². The van der Waals surface area contributed by atoms with Gasteiger partial charge in [0, 0.05) is 53.1 Å². The van der Waals surface area contributed by atoms with Gasteiger partial charge in [-0.05, 0) is 30.3 Å². The summed E-state index contributed by atoms with van der Waals surface area (Å²) in [6.45, 7) is 0.240. The number of sulfonamides is 1. The molecule has 2 aromatic heterocycles. The van der Waals surface area contributed by atoms with Crippen molar-refractivity contribution in [2.45, 2.75) is 23.6 Å². The lowest BCUT2D eigenvalue weighted by molar-refractivity contribution is -0.137. The highest BCUT2D eigenvalue weighted by Gasteiger charge is 2.32. The van der Waals surface area contributed by atoms with Crippen molar-refractivity contribution in [1.82, 2.24) is 9.97 Å². The van der Waals surface area contributed by atoms with E-state index in [4.69, 9.17) is 9.47 Å². The molecule has 1 aliphatic rings. The topological polar surface area (TPSA) is 90.4 Å². The molecule has 0 spiro atoms. The summed E-state index contributed by atoms with van der Waals surface area (Å²) < 4.78 is 80.0. The van der Waals surface area contributed by atoms with Gasteiger partial charge in [-0.15, -0.1) is 11.3 Å². The number of benzene rings is 2. The molecule has 7 nitrogen and oxygen atoms in total. The van der Waals surface area contributed by atoms with Crippen molar-refractivity contribution in [3.63, 3.8) is 0 Å². The van der Waals surface area contributed by atoms with Gasteiger partial charge in [0.05, 0.1) is 17.1 Å². The number of ether oxygens (including phenoxy) is 2. The number of nitrogens with zero attached hydrogens (tertiary/aromatic N) is 2. The lowest BCUT2D eigenvalue weighted by Gasteiger charge is -2.28. The molecular weight excluding hydrogens is 515 g/mol. The Morgan fingerprint density at radius 2 is 1.97 bits per heavy atom. The van der Waals surface area contributed by atoms with Crippen LogP contribution in [0.4, 0.5) is 18.3 Å². The summed E-state index contributed by atoms with van der Waals surface area (Å²) in [6, 6.07) is 11.0. The van der Waals surface area contributed by atoms with Gasteiger partial charge in [0.2, 0.25) is 0 Å². The minimum atomic E-state index is -4.52. The highest BCUT2D eigenvalue weighted by atomic mass is 32.2. The molecule has 0 aliphatic carbocycles. The zero-order chi connectivity index (χ0) is 25.3. The summed E-state index contributed by atoms with van der Waals surface area (Å²) in [7, 11) is -3.89. The summed E-state index contributed by atoms with van der Waals surface area (Å²) in [5.74, 6) is 0.569. The first kappa shape index (κ1) is 24.1. The second-order valence-corrected chi connectivity index (χ2v) is 10.4. The first-order chi connectivity index (χ1) is 17.2. The summed E-state index contributed by atoms with van der Waals surface area (Å²) in [6.07, 6.45) is -0.181. The Hall–Kier alpha value is -3.64. The van der Waals surface area contributed by atoms with Crippen LogP contribution in [0.15, 0.2) is 77.4 Å². The van der Waals surface area contributed by atoms with Crippen molar-refractivity contribution in [2.75, 3.05) is 11.3 Å². The molecule has 4 aromatic rings. The van der Waals surface area contributed by atoms with Gasteiger partial charge >= 0.3 is 6.18 Å². The average molecular weight is 534 g/mol. The molecule has 0 radical (unpaired) electrons. The smallest absolute Gasteiger partial charge is 0.416 e. The first-order valence-corrected chi connectivity index (χ1v) is 13.0. The molecule has 1 unspecified atom stereocenters. The zero-order valence-electron chi connectivity index (χ0n) is 18.4. The number of fused-ring (bicyclic) bond motifs is 1. The van der Waals surface area contributed by atoms with Gasteiger partial charge in [-0.1, -0.05) is 12.1 Å². The van der Waals surface area contributed by atoms with Gasteiger partial charge in [-0.25, -0.2) is 13.4 Å². The van der Waals surface area contributed by atoms with Crippen LogP contribution in [-0.4, -0.2) is 25.0 Å². The van der Waals surface area contributed by atoms with Crippen LogP contribution in [0.25, 0.3) is 11.1 Å². The largest absolute Gasteiger partial charge is 0.493 e. The Balaban J connectivity index is 1.47. The molecule has 186 valence electrons. The fraction of sp³-hybridized carbons (Fsp3) is 0.167. The van der Waals surface area contributed by atoms with Crippen molar-refractivity contribution >= 4 is 26.5 Å². The van der Waals surface area contributed by atoms with Gasteiger partial charge in [0.25, 0.3) is 10.0 Å². The number of anilines is 1. The molecule has 0 bridgehead atoms. The van der Waals surface area contributed by atoms with Crippen LogP contribution in [0.5, 0.6) is 11.5 Å². The Morgan fingerprint density at radius 3 is 2.69 bits per heavy atom. The highest BCUT2D eigenvalue weighted by molar-refractivity contribution is 7.93. The van der Waals surface area contributed by atoms with Crippen LogP contribution < -0.4 is 14.2 Å². The minimum absolute atomic E-state index is 0.0114. The van der Waals surface area contributed by atoms with Crippen molar-refractivity contribution in [3.8, 4) is 22.6 Å². The zero-order valence-corrected chi connectivity index (χ0v) is 20.0. The molecule has 2 aromatic carbocycles. The lowest BCUT2D eigenvalue weighted by atomic mass is 10.0. The third kappa shape index (κ3) is 5.00. The number of hydrogen-bond acceptors (Lipinski definition) is 7. The maximum atomic E-state index is 13.4. The van der Waals surface area contributed by atoms with Crippen LogP contribution >= 0.6 is 11.3 Å². The maximum Gasteiger partial charge on any atom is 0.416 e. The fourth-order valence-electron chi connectivity index (χ4n) is 3.78. The lowest BCUT2D eigenvalue weighted by Crippen LogP contribution is -2.20.